The van der Waals surface area contributed by atoms with Gasteiger partial charge < -0.3 is 5.73 Å². The van der Waals surface area contributed by atoms with Gasteiger partial charge >= 0.3 is 6.18 Å². The van der Waals surface area contributed by atoms with Crippen molar-refractivity contribution < 1.29 is 18.0 Å². The Morgan fingerprint density at radius 3 is 2.73 bits per heavy atom. The zero-order valence-corrected chi connectivity index (χ0v) is 14.2. The Labute approximate surface area is 148 Å². The van der Waals surface area contributed by atoms with Gasteiger partial charge in [0.05, 0.1) is 11.1 Å². The number of hydrazine groups is 1. The maximum atomic E-state index is 12.6. The topological polar surface area (TPSA) is 83.6 Å². The van der Waals surface area contributed by atoms with E-state index in [9.17, 15) is 18.0 Å². The van der Waals surface area contributed by atoms with E-state index >= 15 is 0 Å². The number of alkyl halides is 3. The van der Waals surface area contributed by atoms with Gasteiger partial charge in [0.2, 0.25) is 0 Å². The zero-order valence-electron chi connectivity index (χ0n) is 14.2. The third-order valence-electron chi connectivity index (χ3n) is 3.60. The molecule has 6 nitrogen and oxygen atoms in total. The fraction of sp³-hybridized carbons (Fsp3) is 0.235. The van der Waals surface area contributed by atoms with Gasteiger partial charge in [0.1, 0.15) is 12.4 Å². The van der Waals surface area contributed by atoms with Crippen LogP contribution in [0.15, 0.2) is 47.7 Å². The smallest absolute Gasteiger partial charge is 0.366 e. The summed E-state index contributed by atoms with van der Waals surface area (Å²) < 4.78 is 37.7. The van der Waals surface area contributed by atoms with Crippen LogP contribution in [0.25, 0.3) is 16.5 Å². The van der Waals surface area contributed by atoms with Crippen molar-refractivity contribution in [2.75, 3.05) is 7.05 Å². The lowest BCUT2D eigenvalue weighted by Crippen LogP contribution is -2.32. The van der Waals surface area contributed by atoms with Crippen LogP contribution in [0, 0.1) is 0 Å². The van der Waals surface area contributed by atoms with Gasteiger partial charge in [-0.05, 0) is 24.6 Å². The van der Waals surface area contributed by atoms with Gasteiger partial charge in [-0.15, -0.1) is 0 Å². The van der Waals surface area contributed by atoms with E-state index in [1.54, 1.807) is 30.5 Å². The predicted octanol–water partition coefficient (Wildman–Crippen LogP) is 2.48. The summed E-state index contributed by atoms with van der Waals surface area (Å²) in [5, 5.41) is 2.01. The Kier molecular flexibility index (Phi) is 5.93. The van der Waals surface area contributed by atoms with Crippen molar-refractivity contribution in [3.63, 3.8) is 0 Å². The van der Waals surface area contributed by atoms with E-state index in [1.165, 1.54) is 13.2 Å². The summed E-state index contributed by atoms with van der Waals surface area (Å²) in [5.41, 5.74) is 9.29. The molecule has 9 heteroatoms. The lowest BCUT2D eigenvalue weighted by Gasteiger charge is -2.17. The van der Waals surface area contributed by atoms with Gasteiger partial charge in [-0.1, -0.05) is 18.2 Å². The minimum Gasteiger partial charge on any atom is -0.366 e. The lowest BCUT2D eigenvalue weighted by atomic mass is 10.0. The Morgan fingerprint density at radius 2 is 2.12 bits per heavy atom. The molecule has 26 heavy (non-hydrogen) atoms. The van der Waals surface area contributed by atoms with Crippen molar-refractivity contribution in [3.8, 4) is 0 Å². The number of halogens is 3. The van der Waals surface area contributed by atoms with Crippen LogP contribution in [0.4, 0.5) is 13.2 Å². The predicted molar refractivity (Wildman–Crippen MR) is 93.8 cm³/mol. The Hall–Kier alpha value is -2.94. The first-order valence-corrected chi connectivity index (χ1v) is 7.65. The number of carbonyl (C=O) groups excluding carboxylic acids is 1. The molecule has 0 aliphatic carbocycles. The quantitative estimate of drug-likeness (QED) is 0.357. The van der Waals surface area contributed by atoms with E-state index in [1.807, 2.05) is 6.07 Å². The summed E-state index contributed by atoms with van der Waals surface area (Å²) in [4.78, 5) is 19.5. The van der Waals surface area contributed by atoms with Crippen LogP contribution in [0.1, 0.15) is 12.5 Å². The van der Waals surface area contributed by atoms with Gasteiger partial charge in [-0.3, -0.25) is 19.8 Å². The molecule has 1 atom stereocenters. The van der Waals surface area contributed by atoms with Crippen LogP contribution in [0.5, 0.6) is 0 Å². The van der Waals surface area contributed by atoms with Crippen LogP contribution >= 0.6 is 0 Å². The molecule has 0 saturated carbocycles. The summed E-state index contributed by atoms with van der Waals surface area (Å²) >= 11 is 0. The van der Waals surface area contributed by atoms with Gasteiger partial charge in [0, 0.05) is 24.8 Å². The van der Waals surface area contributed by atoms with Crippen molar-refractivity contribution in [3.05, 3.63) is 48.3 Å². The van der Waals surface area contributed by atoms with Gasteiger partial charge in [-0.2, -0.15) is 13.2 Å². The monoisotopic (exact) mass is 365 g/mol. The Bertz CT molecular complexity index is 848. The van der Waals surface area contributed by atoms with E-state index in [2.05, 4.69) is 15.4 Å². The number of fused-ring (bicyclic) bond motifs is 1. The number of nitrogens with two attached hydrogens (primary N) is 1. The third-order valence-corrected chi connectivity index (χ3v) is 3.60. The van der Waals surface area contributed by atoms with Crippen LogP contribution in [-0.2, 0) is 4.79 Å². The van der Waals surface area contributed by atoms with Gasteiger partial charge in [-0.25, -0.2) is 5.43 Å². The molecule has 0 fully saturated rings. The van der Waals surface area contributed by atoms with Crippen molar-refractivity contribution >= 4 is 28.7 Å². The van der Waals surface area contributed by atoms with Crippen LogP contribution < -0.4 is 11.2 Å². The molecule has 1 heterocycles. The van der Waals surface area contributed by atoms with E-state index < -0.39 is 18.1 Å². The van der Waals surface area contributed by atoms with E-state index in [-0.39, 0.29) is 5.57 Å². The molecule has 1 unspecified atom stereocenters. The summed E-state index contributed by atoms with van der Waals surface area (Å²) in [5.74, 6) is -0.738. The van der Waals surface area contributed by atoms with Crippen LogP contribution in [0.2, 0.25) is 0 Å². The molecular formula is C17H18F3N5O. The second-order valence-corrected chi connectivity index (χ2v) is 5.43. The molecule has 3 N–H and O–H groups in total. The maximum absolute atomic E-state index is 12.6. The molecule has 0 aliphatic rings. The molecule has 2 aromatic rings. The molecule has 0 radical (unpaired) electrons. The number of benzene rings is 1. The molecule has 0 aliphatic heterocycles. The summed E-state index contributed by atoms with van der Waals surface area (Å²) in [6.45, 7) is 0.929. The molecular weight excluding hydrogens is 347 g/mol. The second-order valence-electron chi connectivity index (χ2n) is 5.43. The minimum absolute atomic E-state index is 0.0954. The van der Waals surface area contributed by atoms with Crippen molar-refractivity contribution in [1.29, 1.82) is 0 Å². The molecule has 1 aromatic heterocycles. The average Bonchev–Trinajstić information content (AvgIpc) is 2.60. The molecule has 0 spiro atoms. The molecule has 0 bridgehead atoms. The summed E-state index contributed by atoms with van der Waals surface area (Å²) in [6, 6.07) is 6.91. The highest BCUT2D eigenvalue weighted by Gasteiger charge is 2.35. The molecule has 1 amide bonds. The second kappa shape index (κ2) is 7.96. The van der Waals surface area contributed by atoms with Crippen LogP contribution in [0.3, 0.4) is 0 Å². The number of nitrogens with zero attached hydrogens (tertiary/aromatic N) is 3. The molecule has 138 valence electrons. The maximum Gasteiger partial charge on any atom is 0.410 e. The third kappa shape index (κ3) is 4.79. The number of aliphatic imine (C=N–C) groups is 1. The standard InChI is InChI=1S/C17H18F3N5O/c1-11(17(18,19)20)24-10-25(22-2)9-14(16(21)26)13-6-5-12-4-3-7-23-15(12)8-13/h3-11,22H,1-2H3,(H2,21,26)/b14-9+,24-10?. The van der Waals surface area contributed by atoms with Crippen molar-refractivity contribution in [2.45, 2.75) is 19.1 Å². The minimum atomic E-state index is -4.45. The number of amides is 1. The van der Waals surface area contributed by atoms with Gasteiger partial charge in [0.15, 0.2) is 0 Å². The first-order chi connectivity index (χ1) is 12.2. The summed E-state index contributed by atoms with van der Waals surface area (Å²) in [7, 11) is 1.47. The molecule has 2 rings (SSSR count). The first kappa shape index (κ1) is 19.4. The highest BCUT2D eigenvalue weighted by molar-refractivity contribution is 6.19. The van der Waals surface area contributed by atoms with Crippen LogP contribution in [-0.4, -0.2) is 41.5 Å². The normalized spacial score (nSPS) is 14.0. The molecule has 0 saturated heterocycles. The number of nitrogens with one attached hydrogen (secondary N) is 1. The largest absolute Gasteiger partial charge is 0.410 e. The average molecular weight is 365 g/mol. The number of hydrogen-bond acceptors (Lipinski definition) is 4. The number of pyridine rings is 1. The number of carbonyl (C=O) groups is 1. The first-order valence-electron chi connectivity index (χ1n) is 7.65. The number of hydrogen-bond donors (Lipinski definition) is 2. The fourth-order valence-electron chi connectivity index (χ4n) is 2.07. The number of rotatable bonds is 6. The zero-order chi connectivity index (χ0) is 19.3. The molecule has 1 aromatic carbocycles. The van der Waals surface area contributed by atoms with E-state index in [0.29, 0.717) is 11.1 Å². The number of aromatic nitrogens is 1. The Balaban J connectivity index is 2.36. The highest BCUT2D eigenvalue weighted by atomic mass is 19.4. The van der Waals surface area contributed by atoms with Crippen molar-refractivity contribution in [2.24, 2.45) is 10.7 Å². The van der Waals surface area contributed by atoms with Crippen molar-refractivity contribution in [1.82, 2.24) is 15.4 Å². The highest BCUT2D eigenvalue weighted by Crippen LogP contribution is 2.22. The Morgan fingerprint density at radius 1 is 1.38 bits per heavy atom. The van der Waals surface area contributed by atoms with Gasteiger partial charge in [0.25, 0.3) is 5.91 Å². The van der Waals surface area contributed by atoms with E-state index in [4.69, 9.17) is 5.73 Å². The lowest BCUT2D eigenvalue weighted by molar-refractivity contribution is -0.142. The SMILES string of the molecule is CNN(C=NC(C)C(F)(F)F)/C=C(/C(N)=O)c1ccc2cccnc2c1. The summed E-state index contributed by atoms with van der Waals surface area (Å²) in [6.07, 6.45) is -0.611. The fourth-order valence-corrected chi connectivity index (χ4v) is 2.07. The number of primary amides is 1. The van der Waals surface area contributed by atoms with E-state index in [0.717, 1.165) is 23.7 Å².